The van der Waals surface area contributed by atoms with Gasteiger partial charge in [-0.25, -0.2) is 0 Å². The van der Waals surface area contributed by atoms with E-state index in [1.165, 1.54) is 4.90 Å². The Bertz CT molecular complexity index is 1320. The number of aliphatic hydroxyl groups is 1. The molecular formula is C28H29NO5S2. The highest BCUT2D eigenvalue weighted by atomic mass is 32.2. The average molecular weight is 524 g/mol. The molecule has 0 bridgehead atoms. The number of hydrogen-bond acceptors (Lipinski definition) is 6. The lowest BCUT2D eigenvalue weighted by Gasteiger charge is -2.30. The van der Waals surface area contributed by atoms with Crippen molar-refractivity contribution in [3.05, 3.63) is 82.3 Å². The van der Waals surface area contributed by atoms with Crippen molar-refractivity contribution < 1.29 is 23.6 Å². The fraction of sp³-hybridized carbons (Fsp3) is 0.286. The number of para-hydroxylation sites is 1. The molecule has 4 rings (SSSR count). The van der Waals surface area contributed by atoms with Crippen molar-refractivity contribution in [1.29, 1.82) is 0 Å². The lowest BCUT2D eigenvalue weighted by Crippen LogP contribution is -2.33. The van der Waals surface area contributed by atoms with Gasteiger partial charge in [0.25, 0.3) is 5.91 Å². The molecule has 188 valence electrons. The first kappa shape index (κ1) is 25.9. The second-order valence-electron chi connectivity index (χ2n) is 9.64. The van der Waals surface area contributed by atoms with E-state index in [1.54, 1.807) is 62.6 Å². The number of carbonyl (C=O) groups is 2. The number of anilines is 1. The summed E-state index contributed by atoms with van der Waals surface area (Å²) < 4.78 is 17.5. The van der Waals surface area contributed by atoms with Gasteiger partial charge in [0.05, 0.1) is 24.0 Å². The molecule has 36 heavy (non-hydrogen) atoms. The molecule has 8 heteroatoms. The molecule has 2 aromatic carbocycles. The molecule has 0 fully saturated rings. The molecule has 6 nitrogen and oxygen atoms in total. The maximum absolute atomic E-state index is 13.5. The third kappa shape index (κ3) is 5.15. The maximum atomic E-state index is 13.5. The Labute approximate surface area is 217 Å². The van der Waals surface area contributed by atoms with E-state index in [0.717, 1.165) is 11.1 Å². The zero-order valence-corrected chi connectivity index (χ0v) is 22.3. The molecule has 2 heterocycles. The normalized spacial score (nSPS) is 16.9. The molecule has 0 saturated carbocycles. The Balaban J connectivity index is 1.81. The molecule has 1 amide bonds. The van der Waals surface area contributed by atoms with Gasteiger partial charge in [0, 0.05) is 33.7 Å². The van der Waals surface area contributed by atoms with Crippen LogP contribution in [-0.2, 0) is 20.4 Å². The van der Waals surface area contributed by atoms with Gasteiger partial charge in [0.2, 0.25) is 0 Å². The molecule has 3 aromatic rings. The molecule has 0 aliphatic carbocycles. The largest absolute Gasteiger partial charge is 0.503 e. The number of carbonyl (C=O) groups excluding carboxylic acids is 2. The van der Waals surface area contributed by atoms with Gasteiger partial charge in [-0.2, -0.15) is 11.3 Å². The standard InChI is InChI=1S/C28H29NO5S2/c1-28(2,3)26(31)23-24(21-7-5-6-8-22(21)34-14-16-36(4)33)29(27(32)25(23)30)20-11-9-18(10-12-20)19-13-15-35-17-19/h5-13,15,17,24,30H,14,16H2,1-4H3. The van der Waals surface area contributed by atoms with Gasteiger partial charge >= 0.3 is 0 Å². The van der Waals surface area contributed by atoms with Gasteiger partial charge in [-0.05, 0) is 46.2 Å². The highest BCUT2D eigenvalue weighted by Crippen LogP contribution is 2.46. The molecule has 2 unspecified atom stereocenters. The van der Waals surface area contributed by atoms with Crippen LogP contribution in [0.2, 0.25) is 0 Å². The van der Waals surface area contributed by atoms with Crippen LogP contribution >= 0.6 is 11.3 Å². The van der Waals surface area contributed by atoms with E-state index in [2.05, 4.69) is 0 Å². The van der Waals surface area contributed by atoms with E-state index >= 15 is 0 Å². The van der Waals surface area contributed by atoms with Crippen LogP contribution < -0.4 is 9.64 Å². The van der Waals surface area contributed by atoms with Gasteiger partial charge in [0.1, 0.15) is 5.75 Å². The number of Topliss-reactive ketones (excluding diaryl/α,β-unsaturated/α-hetero) is 1. The number of nitrogens with zero attached hydrogens (tertiary/aromatic N) is 1. The minimum absolute atomic E-state index is 0.0459. The molecule has 0 spiro atoms. The summed E-state index contributed by atoms with van der Waals surface area (Å²) in [5.74, 6) is -0.693. The van der Waals surface area contributed by atoms with Crippen molar-refractivity contribution in [3.63, 3.8) is 0 Å². The minimum atomic E-state index is -1.03. The Hall–Kier alpha value is -3.23. The van der Waals surface area contributed by atoms with E-state index in [4.69, 9.17) is 4.74 Å². The number of ketones is 1. The summed E-state index contributed by atoms with van der Waals surface area (Å²) in [5.41, 5.74) is 2.43. The van der Waals surface area contributed by atoms with Crippen LogP contribution in [0.4, 0.5) is 5.69 Å². The van der Waals surface area contributed by atoms with Crippen LogP contribution in [0.3, 0.4) is 0 Å². The number of hydrogen-bond donors (Lipinski definition) is 1. The van der Waals surface area contributed by atoms with Crippen LogP contribution in [0.15, 0.2) is 76.7 Å². The van der Waals surface area contributed by atoms with Crippen LogP contribution in [0.5, 0.6) is 5.75 Å². The topological polar surface area (TPSA) is 83.9 Å². The monoisotopic (exact) mass is 523 g/mol. The van der Waals surface area contributed by atoms with Gasteiger partial charge in [-0.3, -0.25) is 18.7 Å². The van der Waals surface area contributed by atoms with Gasteiger partial charge in [-0.1, -0.05) is 51.1 Å². The maximum Gasteiger partial charge on any atom is 0.294 e. The van der Waals surface area contributed by atoms with Crippen molar-refractivity contribution in [3.8, 4) is 16.9 Å². The van der Waals surface area contributed by atoms with Gasteiger partial charge < -0.3 is 9.84 Å². The van der Waals surface area contributed by atoms with Crippen molar-refractivity contribution in [1.82, 2.24) is 0 Å². The predicted molar refractivity (Wildman–Crippen MR) is 145 cm³/mol. The fourth-order valence-electron chi connectivity index (χ4n) is 4.15. The zero-order valence-electron chi connectivity index (χ0n) is 20.7. The predicted octanol–water partition coefficient (Wildman–Crippen LogP) is 5.69. The van der Waals surface area contributed by atoms with Crippen LogP contribution in [-0.4, -0.2) is 39.6 Å². The van der Waals surface area contributed by atoms with E-state index in [-0.39, 0.29) is 18.0 Å². The van der Waals surface area contributed by atoms with Gasteiger partial charge in [-0.15, -0.1) is 0 Å². The molecule has 2 atom stereocenters. The number of amides is 1. The van der Waals surface area contributed by atoms with Crippen LogP contribution in [0, 0.1) is 5.41 Å². The number of thiophene rings is 1. The summed E-state index contributed by atoms with van der Waals surface area (Å²) in [5, 5.41) is 15.0. The summed E-state index contributed by atoms with van der Waals surface area (Å²) in [7, 11) is -1.03. The van der Waals surface area contributed by atoms with Gasteiger partial charge in [0.15, 0.2) is 11.5 Å². The highest BCUT2D eigenvalue weighted by molar-refractivity contribution is 7.84. The summed E-state index contributed by atoms with van der Waals surface area (Å²) >= 11 is 1.60. The van der Waals surface area contributed by atoms with E-state index in [9.17, 15) is 18.9 Å². The lowest BCUT2D eigenvalue weighted by atomic mass is 9.82. The lowest BCUT2D eigenvalue weighted by molar-refractivity contribution is -0.123. The summed E-state index contributed by atoms with van der Waals surface area (Å²) in [6, 6.07) is 15.8. The summed E-state index contributed by atoms with van der Waals surface area (Å²) in [6.07, 6.45) is 1.60. The molecule has 1 aliphatic heterocycles. The van der Waals surface area contributed by atoms with Crippen molar-refractivity contribution >= 4 is 39.5 Å². The minimum Gasteiger partial charge on any atom is -0.503 e. The average Bonchev–Trinajstić information content (AvgIpc) is 3.46. The number of ether oxygens (including phenoxy) is 1. The number of aliphatic hydroxyl groups excluding tert-OH is 1. The molecular weight excluding hydrogens is 494 g/mol. The highest BCUT2D eigenvalue weighted by Gasteiger charge is 2.47. The molecule has 1 aromatic heterocycles. The fourth-order valence-corrected chi connectivity index (χ4v) is 5.13. The van der Waals surface area contributed by atoms with Crippen molar-refractivity contribution in [2.45, 2.75) is 26.8 Å². The molecule has 1 N–H and O–H groups in total. The van der Waals surface area contributed by atoms with Crippen molar-refractivity contribution in [2.75, 3.05) is 23.5 Å². The molecule has 0 saturated heterocycles. The second-order valence-corrected chi connectivity index (χ2v) is 12.0. The smallest absolute Gasteiger partial charge is 0.294 e. The Morgan fingerprint density at radius 1 is 1.08 bits per heavy atom. The quantitative estimate of drug-likeness (QED) is 0.410. The molecule has 0 radical (unpaired) electrons. The summed E-state index contributed by atoms with van der Waals surface area (Å²) in [4.78, 5) is 28.4. The molecule has 1 aliphatic rings. The number of rotatable bonds is 8. The Kier molecular flexibility index (Phi) is 7.47. The third-order valence-electron chi connectivity index (χ3n) is 5.98. The summed E-state index contributed by atoms with van der Waals surface area (Å²) in [6.45, 7) is 5.49. The van der Waals surface area contributed by atoms with E-state index in [0.29, 0.717) is 22.8 Å². The SMILES string of the molecule is CS(=O)CCOc1ccccc1C1C(C(=O)C(C)(C)C)=C(O)C(=O)N1c1ccc(-c2ccsc2)cc1. The zero-order chi connectivity index (χ0) is 26.0. The third-order valence-corrected chi connectivity index (χ3v) is 7.40. The van der Waals surface area contributed by atoms with E-state index < -0.39 is 33.9 Å². The Morgan fingerprint density at radius 2 is 1.78 bits per heavy atom. The van der Waals surface area contributed by atoms with E-state index in [1.807, 2.05) is 41.1 Å². The first-order valence-electron chi connectivity index (χ1n) is 11.6. The van der Waals surface area contributed by atoms with Crippen LogP contribution in [0.25, 0.3) is 11.1 Å². The Morgan fingerprint density at radius 3 is 2.39 bits per heavy atom. The van der Waals surface area contributed by atoms with Crippen molar-refractivity contribution in [2.24, 2.45) is 5.41 Å². The number of benzene rings is 2. The van der Waals surface area contributed by atoms with Crippen LogP contribution in [0.1, 0.15) is 32.4 Å². The first-order chi connectivity index (χ1) is 17.1. The first-order valence-corrected chi connectivity index (χ1v) is 14.2. The second kappa shape index (κ2) is 10.4.